The molecule has 1 aromatic heterocycles. The van der Waals surface area contributed by atoms with Gasteiger partial charge in [0, 0.05) is 24.1 Å². The van der Waals surface area contributed by atoms with Crippen molar-refractivity contribution < 1.29 is 14.4 Å². The summed E-state index contributed by atoms with van der Waals surface area (Å²) in [7, 11) is 0. The Bertz CT molecular complexity index is 746. The molecule has 0 unspecified atom stereocenters. The van der Waals surface area contributed by atoms with Gasteiger partial charge in [-0.25, -0.2) is 10.3 Å². The standard InChI is InChI=1S/C19H24N2O3/c1-12-8-9-16-15(11-12)13-5-4-6-14(18(13)20-16)19(22)21-24-17-7-2-3-10-23-17/h4-6,12,17,20H,2-3,7-11H2,1H3,(H,21,22)/t12-,17-/m1/s1. The van der Waals surface area contributed by atoms with Crippen molar-refractivity contribution in [3.63, 3.8) is 0 Å². The van der Waals surface area contributed by atoms with Crippen LogP contribution in [0, 0.1) is 5.92 Å². The third-order valence-electron chi connectivity index (χ3n) is 5.14. The van der Waals surface area contributed by atoms with Crippen LogP contribution in [0.4, 0.5) is 0 Å². The third kappa shape index (κ3) is 2.94. The van der Waals surface area contributed by atoms with E-state index >= 15 is 0 Å². The number of nitrogens with one attached hydrogen (secondary N) is 2. The highest BCUT2D eigenvalue weighted by Gasteiger charge is 2.23. The smallest absolute Gasteiger partial charge is 0.277 e. The van der Waals surface area contributed by atoms with E-state index in [4.69, 9.17) is 9.57 Å². The number of hydroxylamine groups is 1. The van der Waals surface area contributed by atoms with Crippen molar-refractivity contribution in [3.05, 3.63) is 35.0 Å². The topological polar surface area (TPSA) is 63.4 Å². The van der Waals surface area contributed by atoms with Gasteiger partial charge in [-0.05, 0) is 49.7 Å². The van der Waals surface area contributed by atoms with E-state index in [0.717, 1.165) is 43.0 Å². The van der Waals surface area contributed by atoms with Gasteiger partial charge < -0.3 is 9.72 Å². The van der Waals surface area contributed by atoms with Gasteiger partial charge in [0.15, 0.2) is 6.29 Å². The number of para-hydroxylation sites is 1. The average molecular weight is 328 g/mol. The van der Waals surface area contributed by atoms with E-state index in [1.54, 1.807) is 0 Å². The number of benzene rings is 1. The maximum absolute atomic E-state index is 12.6. The molecule has 4 rings (SSSR count). The van der Waals surface area contributed by atoms with E-state index in [9.17, 15) is 4.79 Å². The van der Waals surface area contributed by atoms with E-state index in [-0.39, 0.29) is 12.2 Å². The van der Waals surface area contributed by atoms with E-state index in [1.165, 1.54) is 17.7 Å². The van der Waals surface area contributed by atoms with E-state index in [1.807, 2.05) is 12.1 Å². The Kier molecular flexibility index (Phi) is 4.29. The molecule has 0 saturated carbocycles. The molecule has 1 amide bonds. The first-order valence-electron chi connectivity index (χ1n) is 8.92. The maximum atomic E-state index is 12.6. The van der Waals surface area contributed by atoms with Gasteiger partial charge in [0.1, 0.15) is 0 Å². The lowest BCUT2D eigenvalue weighted by Crippen LogP contribution is -2.33. The van der Waals surface area contributed by atoms with E-state index < -0.39 is 0 Å². The molecule has 0 bridgehead atoms. The number of aromatic amines is 1. The molecule has 2 aromatic rings. The number of ether oxygens (including phenoxy) is 1. The fourth-order valence-electron chi connectivity index (χ4n) is 3.78. The van der Waals surface area contributed by atoms with Crippen LogP contribution in [0.3, 0.4) is 0 Å². The quantitative estimate of drug-likeness (QED) is 0.848. The number of aromatic nitrogens is 1. The van der Waals surface area contributed by atoms with Gasteiger partial charge >= 0.3 is 0 Å². The second-order valence-electron chi connectivity index (χ2n) is 7.00. The summed E-state index contributed by atoms with van der Waals surface area (Å²) >= 11 is 0. The number of H-pyrrole nitrogens is 1. The number of carbonyl (C=O) groups is 1. The first-order chi connectivity index (χ1) is 11.7. The van der Waals surface area contributed by atoms with Crippen molar-refractivity contribution in [1.82, 2.24) is 10.5 Å². The van der Waals surface area contributed by atoms with Crippen LogP contribution >= 0.6 is 0 Å². The number of aryl methyl sites for hydroxylation is 1. The van der Waals surface area contributed by atoms with E-state index in [0.29, 0.717) is 18.1 Å². The molecular formula is C19H24N2O3. The molecule has 1 saturated heterocycles. The van der Waals surface area contributed by atoms with Crippen molar-refractivity contribution >= 4 is 16.8 Å². The molecular weight excluding hydrogens is 304 g/mol. The van der Waals surface area contributed by atoms with Gasteiger partial charge in [-0.2, -0.15) is 0 Å². The second kappa shape index (κ2) is 6.57. The van der Waals surface area contributed by atoms with Gasteiger partial charge in [-0.1, -0.05) is 19.1 Å². The van der Waals surface area contributed by atoms with Crippen LogP contribution in [0.1, 0.15) is 54.2 Å². The Hall–Kier alpha value is -1.85. The fourth-order valence-corrected chi connectivity index (χ4v) is 3.78. The Morgan fingerprint density at radius 3 is 3.08 bits per heavy atom. The number of fused-ring (bicyclic) bond motifs is 3. The molecule has 5 heteroatoms. The first-order valence-corrected chi connectivity index (χ1v) is 8.92. The molecule has 1 fully saturated rings. The fraction of sp³-hybridized carbons (Fsp3) is 0.526. The lowest BCUT2D eigenvalue weighted by molar-refractivity contribution is -0.186. The SMILES string of the molecule is C[C@@H]1CCc2[nH]c3c(C(=O)NO[C@@H]4CCCCO4)cccc3c2C1. The van der Waals surface area contributed by atoms with Gasteiger partial charge in [0.05, 0.1) is 11.1 Å². The minimum absolute atomic E-state index is 0.221. The molecule has 1 aromatic carbocycles. The highest BCUT2D eigenvalue weighted by atomic mass is 16.8. The summed E-state index contributed by atoms with van der Waals surface area (Å²) in [5, 5.41) is 1.16. The highest BCUT2D eigenvalue weighted by Crippen LogP contribution is 2.32. The summed E-state index contributed by atoms with van der Waals surface area (Å²) in [6.07, 6.45) is 5.94. The minimum atomic E-state index is -0.334. The zero-order chi connectivity index (χ0) is 16.5. The summed E-state index contributed by atoms with van der Waals surface area (Å²) in [5.74, 6) is 0.474. The number of amides is 1. The molecule has 128 valence electrons. The first kappa shape index (κ1) is 15.7. The van der Waals surface area contributed by atoms with Crippen molar-refractivity contribution in [1.29, 1.82) is 0 Å². The maximum Gasteiger partial charge on any atom is 0.277 e. The zero-order valence-electron chi connectivity index (χ0n) is 14.1. The number of carbonyl (C=O) groups excluding carboxylic acids is 1. The number of hydrogen-bond acceptors (Lipinski definition) is 3. The van der Waals surface area contributed by atoms with Crippen LogP contribution in [0.2, 0.25) is 0 Å². The zero-order valence-corrected chi connectivity index (χ0v) is 14.1. The lowest BCUT2D eigenvalue weighted by atomic mass is 9.87. The van der Waals surface area contributed by atoms with Crippen LogP contribution in [-0.2, 0) is 22.4 Å². The Labute approximate surface area is 141 Å². The Balaban J connectivity index is 1.56. The summed E-state index contributed by atoms with van der Waals surface area (Å²) < 4.78 is 5.49. The van der Waals surface area contributed by atoms with Gasteiger partial charge in [-0.15, -0.1) is 0 Å². The van der Waals surface area contributed by atoms with Crippen molar-refractivity contribution in [3.8, 4) is 0 Å². The predicted molar refractivity (Wildman–Crippen MR) is 91.6 cm³/mol. The largest absolute Gasteiger partial charge is 0.358 e. The summed E-state index contributed by atoms with van der Waals surface area (Å²) in [4.78, 5) is 21.5. The summed E-state index contributed by atoms with van der Waals surface area (Å²) in [6, 6.07) is 5.89. The molecule has 2 atom stereocenters. The highest BCUT2D eigenvalue weighted by molar-refractivity contribution is 6.06. The van der Waals surface area contributed by atoms with Crippen LogP contribution in [-0.4, -0.2) is 23.8 Å². The van der Waals surface area contributed by atoms with Crippen LogP contribution in [0.15, 0.2) is 18.2 Å². The molecule has 2 N–H and O–H groups in total. The van der Waals surface area contributed by atoms with Gasteiger partial charge in [0.2, 0.25) is 0 Å². The molecule has 0 spiro atoms. The minimum Gasteiger partial charge on any atom is -0.358 e. The molecule has 5 nitrogen and oxygen atoms in total. The predicted octanol–water partition coefficient (Wildman–Crippen LogP) is 3.48. The van der Waals surface area contributed by atoms with Crippen LogP contribution in [0.25, 0.3) is 10.9 Å². The molecule has 0 radical (unpaired) electrons. The lowest BCUT2D eigenvalue weighted by Gasteiger charge is -2.22. The Morgan fingerprint density at radius 2 is 2.25 bits per heavy atom. The third-order valence-corrected chi connectivity index (χ3v) is 5.14. The van der Waals surface area contributed by atoms with Crippen LogP contribution < -0.4 is 5.48 Å². The van der Waals surface area contributed by atoms with Crippen LogP contribution in [0.5, 0.6) is 0 Å². The van der Waals surface area contributed by atoms with Crippen molar-refractivity contribution in [2.45, 2.75) is 51.7 Å². The Morgan fingerprint density at radius 1 is 1.33 bits per heavy atom. The number of hydrogen-bond donors (Lipinski definition) is 2. The molecule has 24 heavy (non-hydrogen) atoms. The molecule has 1 aliphatic carbocycles. The number of rotatable bonds is 3. The molecule has 1 aliphatic heterocycles. The van der Waals surface area contributed by atoms with Crippen molar-refractivity contribution in [2.24, 2.45) is 5.92 Å². The summed E-state index contributed by atoms with van der Waals surface area (Å²) in [5.41, 5.74) is 6.76. The average Bonchev–Trinajstić information content (AvgIpc) is 2.98. The second-order valence-corrected chi connectivity index (χ2v) is 7.00. The van der Waals surface area contributed by atoms with Crippen molar-refractivity contribution in [2.75, 3.05) is 6.61 Å². The molecule has 2 heterocycles. The van der Waals surface area contributed by atoms with Gasteiger partial charge in [0.25, 0.3) is 5.91 Å². The molecule has 2 aliphatic rings. The van der Waals surface area contributed by atoms with Gasteiger partial charge in [-0.3, -0.25) is 4.79 Å². The van der Waals surface area contributed by atoms with E-state index in [2.05, 4.69) is 23.5 Å². The normalized spacial score (nSPS) is 23.9. The monoisotopic (exact) mass is 328 g/mol. The summed E-state index contributed by atoms with van der Waals surface area (Å²) in [6.45, 7) is 2.98.